The van der Waals surface area contributed by atoms with E-state index in [4.69, 9.17) is 33.0 Å². The topological polar surface area (TPSA) is 92.7 Å². The van der Waals surface area contributed by atoms with E-state index in [0.29, 0.717) is 13.0 Å². The highest BCUT2D eigenvalue weighted by molar-refractivity contribution is 7.89. The molecular weight excluding hydrogens is 341 g/mol. The van der Waals surface area contributed by atoms with Crippen molar-refractivity contribution < 1.29 is 23.1 Å². The van der Waals surface area contributed by atoms with E-state index in [1.54, 1.807) is 6.92 Å². The van der Waals surface area contributed by atoms with Gasteiger partial charge in [-0.2, -0.15) is 0 Å². The number of carboxylic acid groups (broad SMARTS) is 1. The Morgan fingerprint density at radius 1 is 1.43 bits per heavy atom. The first-order chi connectivity index (χ1) is 9.65. The minimum atomic E-state index is -4.02. The second kappa shape index (κ2) is 5.73. The van der Waals surface area contributed by atoms with Gasteiger partial charge in [0.05, 0.1) is 22.7 Å². The van der Waals surface area contributed by atoms with E-state index in [9.17, 15) is 13.2 Å². The van der Waals surface area contributed by atoms with Gasteiger partial charge in [0.2, 0.25) is 10.0 Å². The maximum absolute atomic E-state index is 12.4. The molecule has 1 saturated heterocycles. The third kappa shape index (κ3) is 3.49. The predicted octanol–water partition coefficient (Wildman–Crippen LogP) is 2.15. The lowest BCUT2D eigenvalue weighted by atomic mass is 10.0. The van der Waals surface area contributed by atoms with E-state index in [1.807, 2.05) is 0 Å². The second-order valence-corrected chi connectivity index (χ2v) is 7.50. The fourth-order valence-electron chi connectivity index (χ4n) is 2.04. The van der Waals surface area contributed by atoms with E-state index < -0.39 is 21.5 Å². The summed E-state index contributed by atoms with van der Waals surface area (Å²) in [6, 6.07) is 2.23. The Bertz CT molecular complexity index is 683. The molecule has 1 heterocycles. The normalized spacial score (nSPS) is 22.4. The van der Waals surface area contributed by atoms with Crippen LogP contribution in [-0.4, -0.2) is 38.2 Å². The number of carbonyl (C=O) groups is 1. The molecule has 6 nitrogen and oxygen atoms in total. The predicted molar refractivity (Wildman–Crippen MR) is 77.6 cm³/mol. The number of nitrogens with one attached hydrogen (secondary N) is 1. The third-order valence-electron chi connectivity index (χ3n) is 3.12. The average Bonchev–Trinajstić information content (AvgIpc) is 2.76. The maximum atomic E-state index is 12.4. The molecule has 0 bridgehead atoms. The fraction of sp³-hybridized carbons (Fsp3) is 0.417. The third-order valence-corrected chi connectivity index (χ3v) is 5.52. The standard InChI is InChI=1S/C12H13Cl2NO5S/c1-12(2-3-20-6-12)15-21(18,19)9-5-7(13)4-8(10(9)14)11(16)17/h4-5,15H,2-3,6H2,1H3,(H,16,17). The van der Waals surface area contributed by atoms with Crippen molar-refractivity contribution in [2.24, 2.45) is 0 Å². The number of benzene rings is 1. The molecule has 1 aromatic rings. The average molecular weight is 354 g/mol. The van der Waals surface area contributed by atoms with Crippen LogP contribution in [0.3, 0.4) is 0 Å². The number of rotatable bonds is 4. The molecule has 1 aliphatic rings. The van der Waals surface area contributed by atoms with Crippen molar-refractivity contribution in [1.29, 1.82) is 0 Å². The highest BCUT2D eigenvalue weighted by atomic mass is 35.5. The lowest BCUT2D eigenvalue weighted by Gasteiger charge is -2.23. The zero-order valence-corrected chi connectivity index (χ0v) is 13.3. The van der Waals surface area contributed by atoms with Crippen LogP contribution >= 0.6 is 23.2 Å². The van der Waals surface area contributed by atoms with Crippen LogP contribution in [0.2, 0.25) is 10.0 Å². The summed E-state index contributed by atoms with van der Waals surface area (Å²) in [5, 5.41) is 8.64. The number of hydrogen-bond acceptors (Lipinski definition) is 4. The van der Waals surface area contributed by atoms with Crippen LogP contribution in [0.4, 0.5) is 0 Å². The summed E-state index contributed by atoms with van der Waals surface area (Å²) in [5.74, 6) is -1.35. The molecule has 0 radical (unpaired) electrons. The smallest absolute Gasteiger partial charge is 0.337 e. The second-order valence-electron chi connectivity index (χ2n) is 5.04. The van der Waals surface area contributed by atoms with E-state index in [0.717, 1.165) is 12.1 Å². The van der Waals surface area contributed by atoms with E-state index >= 15 is 0 Å². The number of halogens is 2. The Kier molecular flexibility index (Phi) is 4.51. The summed E-state index contributed by atoms with van der Waals surface area (Å²) in [4.78, 5) is 10.7. The summed E-state index contributed by atoms with van der Waals surface area (Å²) in [7, 11) is -4.02. The first-order valence-electron chi connectivity index (χ1n) is 5.99. The summed E-state index contributed by atoms with van der Waals surface area (Å²) in [6.07, 6.45) is 0.510. The van der Waals surface area contributed by atoms with Gasteiger partial charge in [0.15, 0.2) is 0 Å². The van der Waals surface area contributed by atoms with Gasteiger partial charge in [-0.15, -0.1) is 0 Å². The molecule has 1 aliphatic heterocycles. The molecule has 2 rings (SSSR count). The minimum absolute atomic E-state index is 0.0231. The monoisotopic (exact) mass is 353 g/mol. The Hall–Kier alpha value is -0.860. The Morgan fingerprint density at radius 2 is 2.10 bits per heavy atom. The van der Waals surface area contributed by atoms with Gasteiger partial charge in [-0.3, -0.25) is 0 Å². The SMILES string of the molecule is CC1(NS(=O)(=O)c2cc(Cl)cc(C(=O)O)c2Cl)CCOC1. The van der Waals surface area contributed by atoms with Crippen LogP contribution in [0.25, 0.3) is 0 Å². The molecule has 1 aromatic carbocycles. The van der Waals surface area contributed by atoms with Crippen molar-refractivity contribution in [3.05, 3.63) is 27.7 Å². The van der Waals surface area contributed by atoms with Crippen LogP contribution < -0.4 is 4.72 Å². The van der Waals surface area contributed by atoms with Gasteiger partial charge in [-0.1, -0.05) is 23.2 Å². The van der Waals surface area contributed by atoms with Gasteiger partial charge < -0.3 is 9.84 Å². The van der Waals surface area contributed by atoms with Gasteiger partial charge in [-0.05, 0) is 25.5 Å². The fourth-order valence-corrected chi connectivity index (χ4v) is 4.37. The Morgan fingerprint density at radius 3 is 2.62 bits per heavy atom. The Labute approximate surface area is 132 Å². The highest BCUT2D eigenvalue weighted by Crippen LogP contribution is 2.31. The van der Waals surface area contributed by atoms with E-state index in [-0.39, 0.29) is 27.1 Å². The zero-order chi connectivity index (χ0) is 15.8. The van der Waals surface area contributed by atoms with Crippen molar-refractivity contribution in [2.45, 2.75) is 23.8 Å². The Balaban J connectivity index is 2.47. The van der Waals surface area contributed by atoms with Crippen LogP contribution in [0.15, 0.2) is 17.0 Å². The zero-order valence-electron chi connectivity index (χ0n) is 11.0. The van der Waals surface area contributed by atoms with Crippen LogP contribution in [0.1, 0.15) is 23.7 Å². The summed E-state index contributed by atoms with van der Waals surface area (Å²) >= 11 is 11.7. The molecule has 0 saturated carbocycles. The van der Waals surface area contributed by atoms with Crippen molar-refractivity contribution >= 4 is 39.2 Å². The molecule has 116 valence electrons. The van der Waals surface area contributed by atoms with Crippen LogP contribution in [0.5, 0.6) is 0 Å². The molecular formula is C12H13Cl2NO5S. The molecule has 0 spiro atoms. The first kappa shape index (κ1) is 16.5. The van der Waals surface area contributed by atoms with Crippen LogP contribution in [0, 0.1) is 0 Å². The minimum Gasteiger partial charge on any atom is -0.478 e. The van der Waals surface area contributed by atoms with Gasteiger partial charge in [0, 0.05) is 11.6 Å². The summed E-state index contributed by atoms with van der Waals surface area (Å²) in [6.45, 7) is 2.38. The molecule has 0 aromatic heterocycles. The highest BCUT2D eigenvalue weighted by Gasteiger charge is 2.36. The largest absolute Gasteiger partial charge is 0.478 e. The molecule has 1 fully saturated rings. The number of carboxylic acids is 1. The lowest BCUT2D eigenvalue weighted by molar-refractivity contribution is 0.0697. The summed E-state index contributed by atoms with van der Waals surface area (Å²) in [5.41, 5.74) is -1.12. The number of aromatic carboxylic acids is 1. The molecule has 0 amide bonds. The van der Waals surface area contributed by atoms with E-state index in [2.05, 4.69) is 4.72 Å². The van der Waals surface area contributed by atoms with E-state index in [1.165, 1.54) is 0 Å². The molecule has 21 heavy (non-hydrogen) atoms. The molecule has 2 N–H and O–H groups in total. The summed E-state index contributed by atoms with van der Waals surface area (Å²) < 4.78 is 32.5. The van der Waals surface area contributed by atoms with Crippen molar-refractivity contribution in [3.8, 4) is 0 Å². The maximum Gasteiger partial charge on any atom is 0.337 e. The lowest BCUT2D eigenvalue weighted by Crippen LogP contribution is -2.46. The quantitative estimate of drug-likeness (QED) is 0.864. The first-order valence-corrected chi connectivity index (χ1v) is 8.23. The number of hydrogen-bond donors (Lipinski definition) is 2. The number of ether oxygens (including phenoxy) is 1. The molecule has 0 aliphatic carbocycles. The number of sulfonamides is 1. The van der Waals surface area contributed by atoms with Gasteiger partial charge in [-0.25, -0.2) is 17.9 Å². The van der Waals surface area contributed by atoms with Crippen molar-refractivity contribution in [2.75, 3.05) is 13.2 Å². The van der Waals surface area contributed by atoms with Crippen molar-refractivity contribution in [3.63, 3.8) is 0 Å². The van der Waals surface area contributed by atoms with Gasteiger partial charge >= 0.3 is 5.97 Å². The van der Waals surface area contributed by atoms with Crippen LogP contribution in [-0.2, 0) is 14.8 Å². The van der Waals surface area contributed by atoms with Gasteiger partial charge in [0.25, 0.3) is 0 Å². The van der Waals surface area contributed by atoms with Crippen molar-refractivity contribution in [1.82, 2.24) is 4.72 Å². The molecule has 9 heteroatoms. The molecule has 1 atom stereocenters. The molecule has 1 unspecified atom stereocenters. The van der Waals surface area contributed by atoms with Gasteiger partial charge in [0.1, 0.15) is 4.90 Å².